The number of hydrogen-bond donors (Lipinski definition) is 3. The first-order chi connectivity index (χ1) is 14.9. The van der Waals surface area contributed by atoms with Gasteiger partial charge in [-0.1, -0.05) is 24.6 Å². The van der Waals surface area contributed by atoms with Gasteiger partial charge in [-0.2, -0.15) is 0 Å². The molecule has 31 heavy (non-hydrogen) atoms. The maximum atomic E-state index is 12.3. The van der Waals surface area contributed by atoms with Gasteiger partial charge in [0, 0.05) is 37.9 Å². The molecule has 1 aromatic carbocycles. The number of hydrogen-bond acceptors (Lipinski definition) is 6. The number of anilines is 2. The van der Waals surface area contributed by atoms with Crippen LogP contribution in [0.5, 0.6) is 0 Å². The van der Waals surface area contributed by atoms with Crippen LogP contribution in [-0.2, 0) is 9.53 Å². The highest BCUT2D eigenvalue weighted by Gasteiger charge is 2.33. The minimum absolute atomic E-state index is 0.0958. The number of carbonyl (C=O) groups excluding carboxylic acids is 2. The highest BCUT2D eigenvalue weighted by atomic mass is 35.5. The molecule has 2 atom stereocenters. The zero-order valence-electron chi connectivity index (χ0n) is 17.7. The van der Waals surface area contributed by atoms with Gasteiger partial charge in [0.15, 0.2) is 0 Å². The van der Waals surface area contributed by atoms with Crippen molar-refractivity contribution in [2.24, 2.45) is 0 Å². The number of amides is 2. The van der Waals surface area contributed by atoms with Gasteiger partial charge in [0.1, 0.15) is 6.10 Å². The van der Waals surface area contributed by atoms with Crippen LogP contribution in [0.15, 0.2) is 34.7 Å². The van der Waals surface area contributed by atoms with E-state index in [1.165, 1.54) is 11.8 Å². The van der Waals surface area contributed by atoms with E-state index >= 15 is 0 Å². The number of thioether (sulfide) groups is 1. The molecule has 1 saturated heterocycles. The van der Waals surface area contributed by atoms with Crippen LogP contribution in [-0.4, -0.2) is 67.3 Å². The van der Waals surface area contributed by atoms with Crippen LogP contribution in [0.1, 0.15) is 19.8 Å². The third kappa shape index (κ3) is 6.30. The highest BCUT2D eigenvalue weighted by molar-refractivity contribution is 8.06. The first-order valence-electron chi connectivity index (χ1n) is 10.3. The van der Waals surface area contributed by atoms with Crippen LogP contribution in [0.25, 0.3) is 0 Å². The molecule has 0 bridgehead atoms. The molecular formula is C21H28ClN5O3S. The summed E-state index contributed by atoms with van der Waals surface area (Å²) in [7, 11) is 1.91. The molecule has 2 aliphatic heterocycles. The van der Waals surface area contributed by atoms with Crippen LogP contribution < -0.4 is 15.5 Å². The number of ether oxygens (including phenoxy) is 1. The number of nitrogens with one attached hydrogen (secondary N) is 3. The van der Waals surface area contributed by atoms with Crippen LogP contribution in [0.4, 0.5) is 16.2 Å². The van der Waals surface area contributed by atoms with E-state index in [4.69, 9.17) is 21.7 Å². The first-order valence-corrected chi connectivity index (χ1v) is 11.5. The Kier molecular flexibility index (Phi) is 8.09. The van der Waals surface area contributed by atoms with Gasteiger partial charge in [-0.25, -0.2) is 4.79 Å². The standard InChI is InChI=1S/C21H28ClN5O3S/c1-3-19(23)26(2)11-10-24-14-4-6-15(7-5-14)27-13-16(30-21(27)29)12-25-20(28)17-8-9-18(22)31-17/h4-7,9,16-17,23-24H,3,8,10-13H2,1-2H3,(H,25,28)/t16-,17?/m0/s1. The smallest absolute Gasteiger partial charge is 0.414 e. The maximum absolute atomic E-state index is 12.3. The summed E-state index contributed by atoms with van der Waals surface area (Å²) in [5, 5.41) is 13.8. The zero-order chi connectivity index (χ0) is 22.4. The van der Waals surface area contributed by atoms with E-state index in [2.05, 4.69) is 10.6 Å². The minimum atomic E-state index is -0.417. The molecule has 2 aliphatic rings. The molecule has 0 aromatic heterocycles. The molecule has 168 valence electrons. The Balaban J connectivity index is 1.44. The van der Waals surface area contributed by atoms with Gasteiger partial charge in [0.05, 0.1) is 28.5 Å². The molecule has 0 radical (unpaired) electrons. The van der Waals surface area contributed by atoms with Crippen molar-refractivity contribution >= 4 is 52.6 Å². The van der Waals surface area contributed by atoms with Gasteiger partial charge in [-0.15, -0.1) is 11.8 Å². The fraction of sp³-hybridized carbons (Fsp3) is 0.476. The Morgan fingerprint density at radius 2 is 2.13 bits per heavy atom. The molecule has 3 rings (SSSR count). The second-order valence-corrected chi connectivity index (χ2v) is 9.28. The number of likely N-dealkylation sites (N-methyl/N-ethyl adjacent to an activating group) is 1. The van der Waals surface area contributed by atoms with E-state index in [0.29, 0.717) is 36.1 Å². The number of rotatable bonds is 9. The summed E-state index contributed by atoms with van der Waals surface area (Å²) in [5.41, 5.74) is 1.69. The molecule has 0 saturated carbocycles. The lowest BCUT2D eigenvalue weighted by Crippen LogP contribution is -2.38. The summed E-state index contributed by atoms with van der Waals surface area (Å²) in [5.74, 6) is 0.513. The number of cyclic esters (lactones) is 1. The first kappa shape index (κ1) is 23.3. The zero-order valence-corrected chi connectivity index (χ0v) is 19.3. The van der Waals surface area contributed by atoms with Crippen LogP contribution in [0, 0.1) is 5.41 Å². The summed E-state index contributed by atoms with van der Waals surface area (Å²) < 4.78 is 6.04. The fourth-order valence-electron chi connectivity index (χ4n) is 3.29. The van der Waals surface area contributed by atoms with Crippen molar-refractivity contribution in [3.05, 3.63) is 34.7 Å². The number of amidine groups is 1. The van der Waals surface area contributed by atoms with Crippen molar-refractivity contribution in [2.45, 2.75) is 31.1 Å². The van der Waals surface area contributed by atoms with Crippen molar-refractivity contribution in [1.82, 2.24) is 10.2 Å². The predicted octanol–water partition coefficient (Wildman–Crippen LogP) is 3.44. The summed E-state index contributed by atoms with van der Waals surface area (Å²) in [4.78, 5) is 28.0. The largest absolute Gasteiger partial charge is 0.442 e. The molecule has 1 aromatic rings. The van der Waals surface area contributed by atoms with Crippen molar-refractivity contribution < 1.29 is 14.3 Å². The summed E-state index contributed by atoms with van der Waals surface area (Å²) in [6, 6.07) is 7.56. The van der Waals surface area contributed by atoms with Crippen LogP contribution in [0.2, 0.25) is 0 Å². The fourth-order valence-corrected chi connectivity index (χ4v) is 4.55. The van der Waals surface area contributed by atoms with Crippen molar-refractivity contribution in [3.63, 3.8) is 0 Å². The summed E-state index contributed by atoms with van der Waals surface area (Å²) in [6.45, 7) is 4.07. The van der Waals surface area contributed by atoms with Gasteiger partial charge in [0.2, 0.25) is 5.91 Å². The van der Waals surface area contributed by atoms with Crippen molar-refractivity contribution in [2.75, 3.05) is 43.4 Å². The quantitative estimate of drug-likeness (QED) is 0.381. The van der Waals surface area contributed by atoms with Crippen molar-refractivity contribution in [3.8, 4) is 0 Å². The van der Waals surface area contributed by atoms with Gasteiger partial charge >= 0.3 is 6.09 Å². The van der Waals surface area contributed by atoms with E-state index in [9.17, 15) is 9.59 Å². The molecule has 2 heterocycles. The molecule has 3 N–H and O–H groups in total. The number of carbonyl (C=O) groups is 2. The lowest BCUT2D eigenvalue weighted by atomic mass is 10.2. The van der Waals surface area contributed by atoms with Crippen LogP contribution >= 0.6 is 23.4 Å². The molecule has 1 fully saturated rings. The number of allylic oxidation sites excluding steroid dienone is 1. The maximum Gasteiger partial charge on any atom is 0.414 e. The second kappa shape index (κ2) is 10.8. The topological polar surface area (TPSA) is 97.8 Å². The summed E-state index contributed by atoms with van der Waals surface area (Å²) >= 11 is 7.25. The van der Waals surface area contributed by atoms with E-state index in [-0.39, 0.29) is 17.7 Å². The van der Waals surface area contributed by atoms with Gasteiger partial charge in [-0.05, 0) is 30.7 Å². The lowest BCUT2D eigenvalue weighted by Gasteiger charge is -2.19. The minimum Gasteiger partial charge on any atom is -0.442 e. The highest BCUT2D eigenvalue weighted by Crippen LogP contribution is 2.34. The Hall–Kier alpha value is -2.39. The predicted molar refractivity (Wildman–Crippen MR) is 126 cm³/mol. The molecule has 0 spiro atoms. The number of benzene rings is 1. The van der Waals surface area contributed by atoms with Crippen LogP contribution in [0.3, 0.4) is 0 Å². The normalized spacial score (nSPS) is 20.3. The molecule has 1 unspecified atom stereocenters. The third-order valence-electron chi connectivity index (χ3n) is 5.17. The van der Waals surface area contributed by atoms with Gasteiger partial charge < -0.3 is 20.3 Å². The number of halogens is 1. The molecule has 8 nitrogen and oxygen atoms in total. The van der Waals surface area contributed by atoms with E-state index < -0.39 is 12.2 Å². The van der Waals surface area contributed by atoms with E-state index in [1.54, 1.807) is 4.90 Å². The monoisotopic (exact) mass is 465 g/mol. The van der Waals surface area contributed by atoms with Crippen molar-refractivity contribution in [1.29, 1.82) is 5.41 Å². The second-order valence-electron chi connectivity index (χ2n) is 7.41. The Bertz CT molecular complexity index is 848. The van der Waals surface area contributed by atoms with E-state index in [1.807, 2.05) is 49.2 Å². The molecule has 0 aliphatic carbocycles. The molecule has 10 heteroatoms. The van der Waals surface area contributed by atoms with Gasteiger partial charge in [0.25, 0.3) is 0 Å². The Labute approximate surface area is 191 Å². The average Bonchev–Trinajstić information content (AvgIpc) is 3.37. The van der Waals surface area contributed by atoms with Gasteiger partial charge in [-0.3, -0.25) is 15.1 Å². The molecular weight excluding hydrogens is 438 g/mol. The Morgan fingerprint density at radius 1 is 1.39 bits per heavy atom. The Morgan fingerprint density at radius 3 is 2.77 bits per heavy atom. The lowest BCUT2D eigenvalue weighted by molar-refractivity contribution is -0.120. The summed E-state index contributed by atoms with van der Waals surface area (Å²) in [6.07, 6.45) is 2.35. The van der Waals surface area contributed by atoms with E-state index in [0.717, 1.165) is 17.9 Å². The molecule has 2 amide bonds. The number of nitrogens with zero attached hydrogens (tertiary/aromatic N) is 2. The average molecular weight is 466 g/mol. The third-order valence-corrected chi connectivity index (χ3v) is 6.67. The SMILES string of the molecule is CCC(=N)N(C)CCNc1ccc(N2C[C@H](CNC(=O)C3CC=C(Cl)S3)OC2=O)cc1.